The molecule has 3 nitrogen and oxygen atoms in total. The number of nitrogens with zero attached hydrogens (tertiary/aromatic N) is 1. The maximum Gasteiger partial charge on any atom is 0.230 e. The van der Waals surface area contributed by atoms with Gasteiger partial charge in [0.05, 0.1) is 17.3 Å². The van der Waals surface area contributed by atoms with Crippen LogP contribution in [0.25, 0.3) is 10.9 Å². The van der Waals surface area contributed by atoms with Crippen LogP contribution in [0.4, 0.5) is 10.1 Å². The highest BCUT2D eigenvalue weighted by Crippen LogP contribution is 2.58. The first kappa shape index (κ1) is 20.1. The molecule has 0 spiro atoms. The average Bonchev–Trinajstić information content (AvgIpc) is 3.27. The number of carbonyl (C=O) groups excluding carboxylic acids is 1. The number of rotatable bonds is 6. The minimum absolute atomic E-state index is 0.0779. The van der Waals surface area contributed by atoms with Crippen molar-refractivity contribution in [1.82, 2.24) is 4.98 Å². The molecule has 0 aliphatic heterocycles. The first-order chi connectivity index (χ1) is 13.8. The van der Waals surface area contributed by atoms with Crippen molar-refractivity contribution in [2.45, 2.75) is 30.5 Å². The molecule has 1 saturated carbocycles. The molecule has 1 aliphatic carbocycles. The molecule has 1 amide bonds. The molecule has 2 unspecified atom stereocenters. The van der Waals surface area contributed by atoms with Gasteiger partial charge in [0.1, 0.15) is 15.7 Å². The second-order valence-corrected chi connectivity index (χ2v) is 9.62. The largest absolute Gasteiger partial charge is 0.324 e. The summed E-state index contributed by atoms with van der Waals surface area (Å²) in [5.74, 6) is -0.437. The second-order valence-electron chi connectivity index (χ2n) is 8.08. The average molecular weight is 431 g/mol. The number of carbonyl (C=O) groups is 1. The predicted octanol–water partition coefficient (Wildman–Crippen LogP) is 6.15. The Morgan fingerprint density at radius 3 is 2.66 bits per heavy atom. The fraction of sp³-hybridized carbons (Fsp3) is 0.304. The number of hydrogen-bond acceptors (Lipinski definition) is 2. The van der Waals surface area contributed by atoms with Crippen LogP contribution >= 0.6 is 23.2 Å². The third-order valence-corrected chi connectivity index (χ3v) is 6.48. The van der Waals surface area contributed by atoms with Gasteiger partial charge in [-0.3, -0.25) is 9.78 Å². The number of hydrogen-bond donors (Lipinski definition) is 1. The molecule has 0 radical (unpaired) electrons. The van der Waals surface area contributed by atoms with Gasteiger partial charge in [0.15, 0.2) is 0 Å². The second kappa shape index (κ2) is 7.58. The Labute approximate surface area is 179 Å². The monoisotopic (exact) mass is 430 g/mol. The Morgan fingerprint density at radius 2 is 1.97 bits per heavy atom. The summed E-state index contributed by atoms with van der Waals surface area (Å²) >= 11 is 12.5. The van der Waals surface area contributed by atoms with Gasteiger partial charge >= 0.3 is 0 Å². The number of nitrogens with one attached hydrogen (secondary N) is 1. The fourth-order valence-electron chi connectivity index (χ4n) is 3.80. The van der Waals surface area contributed by atoms with Crippen molar-refractivity contribution in [2.75, 3.05) is 5.32 Å². The Kier molecular flexibility index (Phi) is 5.26. The number of halogens is 3. The summed E-state index contributed by atoms with van der Waals surface area (Å²) in [7, 11) is 0. The molecule has 150 valence electrons. The van der Waals surface area contributed by atoms with Gasteiger partial charge in [0.2, 0.25) is 5.91 Å². The van der Waals surface area contributed by atoms with E-state index >= 15 is 0 Å². The van der Waals surface area contributed by atoms with E-state index in [0.717, 1.165) is 5.56 Å². The van der Waals surface area contributed by atoms with Gasteiger partial charge in [0.25, 0.3) is 0 Å². The van der Waals surface area contributed by atoms with Gasteiger partial charge in [-0.05, 0) is 42.9 Å². The quantitative estimate of drug-likeness (QED) is 0.476. The highest BCUT2D eigenvalue weighted by atomic mass is 35.5. The van der Waals surface area contributed by atoms with Gasteiger partial charge in [-0.15, -0.1) is 23.2 Å². The van der Waals surface area contributed by atoms with Crippen molar-refractivity contribution in [3.05, 3.63) is 72.2 Å². The first-order valence-corrected chi connectivity index (χ1v) is 10.3. The summed E-state index contributed by atoms with van der Waals surface area (Å²) < 4.78 is 13.1. The van der Waals surface area contributed by atoms with Crippen molar-refractivity contribution < 1.29 is 9.18 Å². The van der Waals surface area contributed by atoms with Gasteiger partial charge in [-0.2, -0.15) is 0 Å². The van der Waals surface area contributed by atoms with E-state index in [2.05, 4.69) is 10.3 Å². The molecule has 29 heavy (non-hydrogen) atoms. The Balaban J connectivity index is 1.59. The van der Waals surface area contributed by atoms with Crippen LogP contribution < -0.4 is 5.32 Å². The van der Waals surface area contributed by atoms with Crippen LogP contribution in [0.3, 0.4) is 0 Å². The molecule has 3 aromatic rings. The number of para-hydroxylation sites is 1. The van der Waals surface area contributed by atoms with Crippen LogP contribution in [0.15, 0.2) is 60.8 Å². The van der Waals surface area contributed by atoms with E-state index in [1.807, 2.05) is 37.3 Å². The summed E-state index contributed by atoms with van der Waals surface area (Å²) in [5, 5.41) is 3.60. The number of pyridine rings is 1. The molecular formula is C23H21Cl2FN2O. The van der Waals surface area contributed by atoms with Crippen molar-refractivity contribution in [2.24, 2.45) is 11.3 Å². The maximum atomic E-state index is 13.9. The third-order valence-electron chi connectivity index (χ3n) is 5.56. The molecule has 1 aromatic heterocycles. The molecule has 1 heterocycles. The zero-order chi connectivity index (χ0) is 20.6. The smallest absolute Gasteiger partial charge is 0.230 e. The van der Waals surface area contributed by atoms with Crippen molar-refractivity contribution in [1.29, 1.82) is 0 Å². The van der Waals surface area contributed by atoms with Crippen LogP contribution in [-0.4, -0.2) is 15.2 Å². The molecule has 2 aromatic carbocycles. The predicted molar refractivity (Wildman–Crippen MR) is 116 cm³/mol. The molecule has 1 fully saturated rings. The number of fused-ring (bicyclic) bond motifs is 1. The van der Waals surface area contributed by atoms with E-state index in [1.54, 1.807) is 18.2 Å². The number of alkyl halides is 2. The lowest BCUT2D eigenvalue weighted by molar-refractivity contribution is -0.125. The number of amides is 1. The number of anilines is 1. The third kappa shape index (κ3) is 4.39. The SMILES string of the molecule is CC(Cc1ccccc1)(CC1CC1(Cl)Cl)C(=O)Nc1cnc2c(F)cccc2c1. The maximum absolute atomic E-state index is 13.9. The molecule has 0 bridgehead atoms. The summed E-state index contributed by atoms with van der Waals surface area (Å²) in [6.07, 6.45) is 3.31. The topological polar surface area (TPSA) is 42.0 Å². The standard InChI is InChI=1S/C23H21Cl2FN2O/c1-22(12-17-13-23(17,24)25,11-15-6-3-2-4-7-15)21(29)28-18-10-16-8-5-9-19(26)20(16)27-14-18/h2-10,14,17H,11-13H2,1H3,(H,28,29). The molecular weight excluding hydrogens is 410 g/mol. The van der Waals surface area contributed by atoms with Crippen molar-refractivity contribution in [3.8, 4) is 0 Å². The fourth-order valence-corrected chi connectivity index (χ4v) is 4.33. The lowest BCUT2D eigenvalue weighted by Gasteiger charge is -2.29. The summed E-state index contributed by atoms with van der Waals surface area (Å²) in [5.41, 5.74) is 1.18. The van der Waals surface area contributed by atoms with E-state index in [-0.39, 0.29) is 23.2 Å². The van der Waals surface area contributed by atoms with Crippen LogP contribution in [0, 0.1) is 17.2 Å². The zero-order valence-corrected chi connectivity index (χ0v) is 17.5. The highest BCUT2D eigenvalue weighted by molar-refractivity contribution is 6.50. The van der Waals surface area contributed by atoms with Gasteiger partial charge < -0.3 is 5.32 Å². The van der Waals surface area contributed by atoms with Crippen LogP contribution in [0.2, 0.25) is 0 Å². The van der Waals surface area contributed by atoms with Crippen molar-refractivity contribution >= 4 is 45.7 Å². The van der Waals surface area contributed by atoms with Crippen LogP contribution in [0.1, 0.15) is 25.3 Å². The highest BCUT2D eigenvalue weighted by Gasteiger charge is 2.55. The minimum Gasteiger partial charge on any atom is -0.324 e. The molecule has 4 rings (SSSR count). The normalized spacial score (nSPS) is 19.5. The van der Waals surface area contributed by atoms with Crippen molar-refractivity contribution in [3.63, 3.8) is 0 Å². The van der Waals surface area contributed by atoms with E-state index in [4.69, 9.17) is 23.2 Å². The zero-order valence-electron chi connectivity index (χ0n) is 16.0. The van der Waals surface area contributed by atoms with Gasteiger partial charge in [-0.1, -0.05) is 49.4 Å². The summed E-state index contributed by atoms with van der Waals surface area (Å²) in [6.45, 7) is 1.94. The summed E-state index contributed by atoms with van der Waals surface area (Å²) in [6, 6.07) is 16.4. The number of benzene rings is 2. The molecule has 6 heteroatoms. The van der Waals surface area contributed by atoms with E-state index < -0.39 is 9.75 Å². The first-order valence-electron chi connectivity index (χ1n) is 9.54. The Bertz CT molecular complexity index is 1060. The molecule has 0 saturated heterocycles. The van der Waals surface area contributed by atoms with Gasteiger partial charge in [0, 0.05) is 5.39 Å². The lowest BCUT2D eigenvalue weighted by Crippen LogP contribution is -2.36. The lowest BCUT2D eigenvalue weighted by atomic mass is 9.78. The van der Waals surface area contributed by atoms with E-state index in [0.29, 0.717) is 30.3 Å². The Morgan fingerprint density at radius 1 is 1.24 bits per heavy atom. The molecule has 2 atom stereocenters. The van der Waals surface area contributed by atoms with E-state index in [9.17, 15) is 9.18 Å². The summed E-state index contributed by atoms with van der Waals surface area (Å²) in [4.78, 5) is 17.5. The minimum atomic E-state index is -0.750. The van der Waals surface area contributed by atoms with Gasteiger partial charge in [-0.25, -0.2) is 4.39 Å². The molecule has 1 aliphatic rings. The number of aromatic nitrogens is 1. The van der Waals surface area contributed by atoms with Crippen LogP contribution in [0.5, 0.6) is 0 Å². The Hall–Kier alpha value is -2.17. The molecule has 1 N–H and O–H groups in total. The van der Waals surface area contributed by atoms with Crippen LogP contribution in [-0.2, 0) is 11.2 Å². The van der Waals surface area contributed by atoms with E-state index in [1.165, 1.54) is 12.3 Å².